The van der Waals surface area contributed by atoms with Crippen LogP contribution >= 0.6 is 0 Å². The van der Waals surface area contributed by atoms with Crippen molar-refractivity contribution in [2.75, 3.05) is 0 Å². The average molecular weight is 255 g/mol. The lowest BCUT2D eigenvalue weighted by molar-refractivity contribution is 0.0696. The quantitative estimate of drug-likeness (QED) is 0.755. The lowest BCUT2D eigenvalue weighted by Gasteiger charge is -2.02. The normalized spacial score (nSPS) is 10.8. The standard InChI is InChI=1S/C13H9N3O3/c1-7-10(13(17)18)12(16-19-7)8-3-2-4-9-11(8)15-6-5-14-9/h2-6H,1H3,(H,17,18). The van der Waals surface area contributed by atoms with E-state index < -0.39 is 5.97 Å². The predicted octanol–water partition coefficient (Wildman–Crippen LogP) is 2.29. The lowest BCUT2D eigenvalue weighted by Crippen LogP contribution is -2.00. The maximum Gasteiger partial charge on any atom is 0.341 e. The van der Waals surface area contributed by atoms with Crippen molar-refractivity contribution >= 4 is 17.0 Å². The minimum atomic E-state index is -1.07. The number of hydrogen-bond acceptors (Lipinski definition) is 5. The van der Waals surface area contributed by atoms with Gasteiger partial charge in [-0.05, 0) is 13.0 Å². The molecular weight excluding hydrogens is 246 g/mol. The highest BCUT2D eigenvalue weighted by atomic mass is 16.5. The highest BCUT2D eigenvalue weighted by Crippen LogP contribution is 2.29. The van der Waals surface area contributed by atoms with Crippen molar-refractivity contribution in [2.45, 2.75) is 6.92 Å². The van der Waals surface area contributed by atoms with Crippen LogP contribution in [0.25, 0.3) is 22.3 Å². The molecule has 6 heteroatoms. The fourth-order valence-corrected chi connectivity index (χ4v) is 1.99. The zero-order valence-corrected chi connectivity index (χ0v) is 9.99. The molecule has 0 fully saturated rings. The number of aromatic carboxylic acids is 1. The van der Waals surface area contributed by atoms with E-state index in [1.165, 1.54) is 0 Å². The van der Waals surface area contributed by atoms with Gasteiger partial charge in [-0.1, -0.05) is 17.3 Å². The Labute approximate surface area is 107 Å². The van der Waals surface area contributed by atoms with E-state index in [2.05, 4.69) is 15.1 Å². The van der Waals surface area contributed by atoms with Gasteiger partial charge in [0.1, 0.15) is 17.0 Å². The number of carbonyl (C=O) groups is 1. The molecule has 0 radical (unpaired) electrons. The van der Waals surface area contributed by atoms with Crippen LogP contribution in [0.5, 0.6) is 0 Å². The van der Waals surface area contributed by atoms with Crippen LogP contribution in [0.2, 0.25) is 0 Å². The van der Waals surface area contributed by atoms with Gasteiger partial charge in [0.2, 0.25) is 0 Å². The van der Waals surface area contributed by atoms with Crippen molar-refractivity contribution in [1.82, 2.24) is 15.1 Å². The molecule has 0 saturated carbocycles. The molecule has 0 saturated heterocycles. The van der Waals surface area contributed by atoms with Gasteiger partial charge in [0.05, 0.1) is 11.0 Å². The topological polar surface area (TPSA) is 89.1 Å². The summed E-state index contributed by atoms with van der Waals surface area (Å²) in [6.07, 6.45) is 3.14. The number of benzene rings is 1. The number of carboxylic acid groups (broad SMARTS) is 1. The summed E-state index contributed by atoms with van der Waals surface area (Å²) in [5, 5.41) is 13.1. The molecule has 94 valence electrons. The first-order valence-electron chi connectivity index (χ1n) is 5.58. The van der Waals surface area contributed by atoms with Crippen molar-refractivity contribution in [1.29, 1.82) is 0 Å². The van der Waals surface area contributed by atoms with E-state index in [1.54, 1.807) is 37.5 Å². The summed E-state index contributed by atoms with van der Waals surface area (Å²) in [6.45, 7) is 1.57. The zero-order valence-electron chi connectivity index (χ0n) is 9.99. The van der Waals surface area contributed by atoms with Gasteiger partial charge < -0.3 is 9.63 Å². The van der Waals surface area contributed by atoms with Crippen molar-refractivity contribution < 1.29 is 14.4 Å². The van der Waals surface area contributed by atoms with E-state index in [9.17, 15) is 9.90 Å². The van der Waals surface area contributed by atoms with E-state index in [0.717, 1.165) is 0 Å². The third-order valence-corrected chi connectivity index (χ3v) is 2.83. The van der Waals surface area contributed by atoms with Gasteiger partial charge in [0.15, 0.2) is 0 Å². The Morgan fingerprint density at radius 1 is 1.26 bits per heavy atom. The first-order chi connectivity index (χ1) is 9.18. The Kier molecular flexibility index (Phi) is 2.49. The maximum atomic E-state index is 11.3. The van der Waals surface area contributed by atoms with Crippen LogP contribution in [0.15, 0.2) is 35.1 Å². The smallest absolute Gasteiger partial charge is 0.341 e. The number of hydrogen-bond donors (Lipinski definition) is 1. The monoisotopic (exact) mass is 255 g/mol. The SMILES string of the molecule is Cc1onc(-c2cccc3nccnc23)c1C(=O)O. The fraction of sp³-hybridized carbons (Fsp3) is 0.0769. The molecule has 2 heterocycles. The van der Waals surface area contributed by atoms with Crippen LogP contribution in [-0.2, 0) is 0 Å². The molecule has 1 aromatic carbocycles. The van der Waals surface area contributed by atoms with Crippen LogP contribution in [0, 0.1) is 6.92 Å². The largest absolute Gasteiger partial charge is 0.477 e. The summed E-state index contributed by atoms with van der Waals surface area (Å²) < 4.78 is 4.98. The van der Waals surface area contributed by atoms with Gasteiger partial charge in [-0.2, -0.15) is 0 Å². The third-order valence-electron chi connectivity index (χ3n) is 2.83. The highest BCUT2D eigenvalue weighted by Gasteiger charge is 2.22. The first kappa shape index (κ1) is 11.3. The van der Waals surface area contributed by atoms with E-state index >= 15 is 0 Å². The van der Waals surface area contributed by atoms with E-state index in [-0.39, 0.29) is 17.0 Å². The Hall–Kier alpha value is -2.76. The average Bonchev–Trinajstić information content (AvgIpc) is 2.80. The minimum absolute atomic E-state index is 0.0538. The van der Waals surface area contributed by atoms with Gasteiger partial charge in [-0.15, -0.1) is 0 Å². The number of carboxylic acids is 1. The molecule has 2 aromatic heterocycles. The van der Waals surface area contributed by atoms with Gasteiger partial charge in [-0.25, -0.2) is 4.79 Å². The number of aromatic nitrogens is 3. The number of fused-ring (bicyclic) bond motifs is 1. The van der Waals surface area contributed by atoms with Crippen LogP contribution < -0.4 is 0 Å². The van der Waals surface area contributed by atoms with Crippen molar-refractivity contribution in [3.63, 3.8) is 0 Å². The summed E-state index contributed by atoms with van der Waals surface area (Å²) in [6, 6.07) is 5.34. The van der Waals surface area contributed by atoms with Crippen molar-refractivity contribution in [2.24, 2.45) is 0 Å². The Bertz CT molecular complexity index is 774. The predicted molar refractivity (Wildman–Crippen MR) is 66.7 cm³/mol. The summed E-state index contributed by atoms with van der Waals surface area (Å²) in [4.78, 5) is 19.7. The lowest BCUT2D eigenvalue weighted by atomic mass is 10.0. The molecule has 6 nitrogen and oxygen atoms in total. The minimum Gasteiger partial charge on any atom is -0.477 e. The number of rotatable bonds is 2. The number of para-hydroxylation sites is 1. The maximum absolute atomic E-state index is 11.3. The zero-order chi connectivity index (χ0) is 13.4. The van der Waals surface area contributed by atoms with Crippen LogP contribution in [0.3, 0.4) is 0 Å². The molecule has 3 aromatic rings. The summed E-state index contributed by atoms with van der Waals surface area (Å²) in [7, 11) is 0. The molecule has 0 aliphatic rings. The van der Waals surface area contributed by atoms with E-state index in [0.29, 0.717) is 16.6 Å². The van der Waals surface area contributed by atoms with E-state index in [1.807, 2.05) is 0 Å². The molecule has 0 aliphatic carbocycles. The van der Waals surface area contributed by atoms with Gasteiger partial charge in [-0.3, -0.25) is 9.97 Å². The van der Waals surface area contributed by atoms with Gasteiger partial charge in [0, 0.05) is 18.0 Å². The Morgan fingerprint density at radius 3 is 2.84 bits per heavy atom. The molecule has 0 unspecified atom stereocenters. The second kappa shape index (κ2) is 4.16. The van der Waals surface area contributed by atoms with Crippen LogP contribution in [0.1, 0.15) is 16.1 Å². The Balaban J connectivity index is 2.34. The molecule has 0 amide bonds. The van der Waals surface area contributed by atoms with Gasteiger partial charge in [0.25, 0.3) is 0 Å². The molecule has 1 N–H and O–H groups in total. The van der Waals surface area contributed by atoms with Crippen LogP contribution in [-0.4, -0.2) is 26.2 Å². The summed E-state index contributed by atoms with van der Waals surface area (Å²) >= 11 is 0. The first-order valence-corrected chi connectivity index (χ1v) is 5.58. The molecule has 0 spiro atoms. The highest BCUT2D eigenvalue weighted by molar-refractivity contribution is 6.00. The van der Waals surface area contributed by atoms with Crippen LogP contribution in [0.4, 0.5) is 0 Å². The number of nitrogens with zero attached hydrogens (tertiary/aromatic N) is 3. The molecule has 0 bridgehead atoms. The van der Waals surface area contributed by atoms with Crippen molar-refractivity contribution in [3.8, 4) is 11.3 Å². The molecule has 0 atom stereocenters. The summed E-state index contributed by atoms with van der Waals surface area (Å²) in [5.74, 6) is -0.807. The number of aryl methyl sites for hydroxylation is 1. The third kappa shape index (κ3) is 1.74. The molecule has 3 rings (SSSR count). The van der Waals surface area contributed by atoms with Gasteiger partial charge >= 0.3 is 5.97 Å². The molecule has 0 aliphatic heterocycles. The molecule has 19 heavy (non-hydrogen) atoms. The molecular formula is C13H9N3O3. The second-order valence-electron chi connectivity index (χ2n) is 4.00. The second-order valence-corrected chi connectivity index (χ2v) is 4.00. The van der Waals surface area contributed by atoms with E-state index in [4.69, 9.17) is 4.52 Å². The summed E-state index contributed by atoms with van der Waals surface area (Å²) in [5.41, 5.74) is 2.20. The van der Waals surface area contributed by atoms with Crippen molar-refractivity contribution in [3.05, 3.63) is 41.9 Å². The Morgan fingerprint density at radius 2 is 2.05 bits per heavy atom. The fourth-order valence-electron chi connectivity index (χ4n) is 1.99.